The summed E-state index contributed by atoms with van der Waals surface area (Å²) in [6.45, 7) is 0. The molecule has 0 unspecified atom stereocenters. The summed E-state index contributed by atoms with van der Waals surface area (Å²) in [7, 11) is -8.51. The Kier molecular flexibility index (Phi) is 4.52. The molecule has 1 rings (SSSR count). The normalized spacial score (nSPS) is 14.3. The van der Waals surface area contributed by atoms with Gasteiger partial charge in [-0.2, -0.15) is 21.6 Å². The minimum absolute atomic E-state index is 0.538. The Balaban J connectivity index is 3.25. The second-order valence-electron chi connectivity index (χ2n) is 3.61. The maximum Gasteiger partial charge on any atom is 0.416 e. The third kappa shape index (κ3) is 4.18. The fraction of sp³-hybridized carbons (Fsp3) is 0.222. The van der Waals surface area contributed by atoms with Crippen molar-refractivity contribution < 1.29 is 30.0 Å². The van der Waals surface area contributed by atoms with Crippen LogP contribution >= 0.6 is 11.6 Å². The highest BCUT2D eigenvalue weighted by Gasteiger charge is 2.30. The molecule has 0 bridgehead atoms. The van der Waals surface area contributed by atoms with Crippen LogP contribution in [0.5, 0.6) is 0 Å². The van der Waals surface area contributed by atoms with Gasteiger partial charge in [0.15, 0.2) is 0 Å². The quantitative estimate of drug-likeness (QED) is 0.604. The average Bonchev–Trinajstić information content (AvgIpc) is 2.26. The molecule has 0 aliphatic rings. The van der Waals surface area contributed by atoms with Gasteiger partial charge in [-0.25, -0.2) is 8.42 Å². The van der Waals surface area contributed by atoms with Crippen molar-refractivity contribution in [2.45, 2.75) is 11.1 Å². The molecule has 0 radical (unpaired) electrons. The number of sulfonamides is 1. The van der Waals surface area contributed by atoms with Crippen LogP contribution in [0.3, 0.4) is 0 Å². The Hall–Kier alpha value is -1.13. The van der Waals surface area contributed by atoms with Crippen LogP contribution in [-0.2, 0) is 26.0 Å². The molecule has 0 aliphatic heterocycles. The van der Waals surface area contributed by atoms with Gasteiger partial charge in [-0.05, 0) is 35.9 Å². The number of hydrogen-bond acceptors (Lipinski definition) is 4. The molecule has 5 nitrogen and oxygen atoms in total. The minimum atomic E-state index is -4.62. The second-order valence-corrected chi connectivity index (χ2v) is 7.73. The van der Waals surface area contributed by atoms with Crippen LogP contribution in [0.4, 0.5) is 13.2 Å². The highest BCUT2D eigenvalue weighted by Crippen LogP contribution is 2.30. The van der Waals surface area contributed by atoms with E-state index in [0.717, 1.165) is 0 Å². The first kappa shape index (κ1) is 16.9. The summed E-state index contributed by atoms with van der Waals surface area (Å²) >= 11 is 5.20. The molecule has 0 heterocycles. The summed E-state index contributed by atoms with van der Waals surface area (Å²) in [4.78, 5) is -0.604. The van der Waals surface area contributed by atoms with E-state index >= 15 is 0 Å². The van der Waals surface area contributed by atoms with Crippen molar-refractivity contribution in [3.8, 4) is 0 Å². The maximum absolute atomic E-state index is 12.3. The van der Waals surface area contributed by atoms with Gasteiger partial charge in [-0.3, -0.25) is 0 Å². The van der Waals surface area contributed by atoms with Gasteiger partial charge in [0.2, 0.25) is 14.3 Å². The molecule has 0 aliphatic carbocycles. The maximum atomic E-state index is 12.3. The molecule has 11 heteroatoms. The van der Waals surface area contributed by atoms with E-state index < -0.39 is 41.0 Å². The van der Waals surface area contributed by atoms with Gasteiger partial charge in [-0.15, -0.1) is 4.40 Å². The Labute approximate surface area is 118 Å². The summed E-state index contributed by atoms with van der Waals surface area (Å²) in [5.74, 6) is 0. The number of sulfone groups is 1. The molecule has 0 saturated carbocycles. The van der Waals surface area contributed by atoms with Crippen LogP contribution < -0.4 is 0 Å². The zero-order valence-electron chi connectivity index (χ0n) is 9.72. The molecular formula is C9H7ClF3NO4S2. The van der Waals surface area contributed by atoms with E-state index in [4.69, 9.17) is 11.6 Å². The second kappa shape index (κ2) is 5.34. The lowest BCUT2D eigenvalue weighted by molar-refractivity contribution is -0.137. The Bertz CT molecular complexity index is 736. The van der Waals surface area contributed by atoms with Crippen molar-refractivity contribution in [2.75, 3.05) is 6.26 Å². The van der Waals surface area contributed by atoms with Gasteiger partial charge in [0, 0.05) is 6.26 Å². The van der Waals surface area contributed by atoms with Gasteiger partial charge in [-0.1, -0.05) is 0 Å². The monoisotopic (exact) mass is 349 g/mol. The third-order valence-corrected chi connectivity index (χ3v) is 5.11. The number of rotatable bonds is 2. The van der Waals surface area contributed by atoms with E-state index in [1.807, 2.05) is 0 Å². The molecule has 112 valence electrons. The van der Waals surface area contributed by atoms with E-state index in [1.165, 1.54) is 0 Å². The molecule has 0 aromatic heterocycles. The SMILES string of the molecule is CS(=O)(=O)C(Cl)=NS(=O)(=O)c1ccc(C(F)(F)F)cc1. The van der Waals surface area contributed by atoms with Crippen molar-refractivity contribution in [1.29, 1.82) is 0 Å². The van der Waals surface area contributed by atoms with Gasteiger partial charge < -0.3 is 0 Å². The first-order valence-corrected chi connectivity index (χ1v) is 8.43. The lowest BCUT2D eigenvalue weighted by Gasteiger charge is -2.06. The molecule has 0 spiro atoms. The molecule has 20 heavy (non-hydrogen) atoms. The van der Waals surface area contributed by atoms with E-state index in [9.17, 15) is 30.0 Å². The lowest BCUT2D eigenvalue weighted by atomic mass is 10.2. The van der Waals surface area contributed by atoms with Crippen LogP contribution in [-0.4, -0.2) is 27.6 Å². The van der Waals surface area contributed by atoms with Gasteiger partial charge in [0.05, 0.1) is 10.5 Å². The van der Waals surface area contributed by atoms with Gasteiger partial charge in [0.25, 0.3) is 10.0 Å². The number of halogens is 4. The largest absolute Gasteiger partial charge is 0.416 e. The predicted octanol–water partition coefficient (Wildman–Crippen LogP) is 2.03. The summed E-state index contributed by atoms with van der Waals surface area (Å²) < 4.78 is 83.7. The van der Waals surface area contributed by atoms with Crippen LogP contribution in [0, 0.1) is 0 Å². The van der Waals surface area contributed by atoms with Crippen LogP contribution in [0.1, 0.15) is 5.56 Å². The zero-order valence-corrected chi connectivity index (χ0v) is 12.1. The van der Waals surface area contributed by atoms with Crippen LogP contribution in [0.25, 0.3) is 0 Å². The first-order valence-electron chi connectivity index (χ1n) is 4.72. The summed E-state index contributed by atoms with van der Waals surface area (Å²) in [5, 5.41) is 0. The Morgan fingerprint density at radius 3 is 1.90 bits per heavy atom. The Morgan fingerprint density at radius 2 is 1.55 bits per heavy atom. The van der Waals surface area contributed by atoms with Crippen molar-refractivity contribution in [2.24, 2.45) is 4.40 Å². The molecule has 0 atom stereocenters. The van der Waals surface area contributed by atoms with E-state index in [2.05, 4.69) is 4.40 Å². The van der Waals surface area contributed by atoms with Crippen LogP contribution in [0.2, 0.25) is 0 Å². The molecule has 0 N–H and O–H groups in total. The molecule has 1 aromatic rings. The molecular weight excluding hydrogens is 343 g/mol. The molecule has 0 fully saturated rings. The number of hydrogen-bond donors (Lipinski definition) is 0. The van der Waals surface area contributed by atoms with E-state index in [1.54, 1.807) is 0 Å². The van der Waals surface area contributed by atoms with Crippen molar-refractivity contribution in [1.82, 2.24) is 0 Å². The molecule has 0 amide bonds. The van der Waals surface area contributed by atoms with Gasteiger partial charge >= 0.3 is 6.18 Å². The topological polar surface area (TPSA) is 80.6 Å². The highest BCUT2D eigenvalue weighted by molar-refractivity contribution is 8.09. The van der Waals surface area contributed by atoms with E-state index in [0.29, 0.717) is 30.5 Å². The van der Waals surface area contributed by atoms with Crippen molar-refractivity contribution >= 4 is 36.0 Å². The lowest BCUT2D eigenvalue weighted by Crippen LogP contribution is -2.10. The highest BCUT2D eigenvalue weighted by atomic mass is 35.5. The van der Waals surface area contributed by atoms with E-state index in [-0.39, 0.29) is 0 Å². The van der Waals surface area contributed by atoms with Gasteiger partial charge in [0.1, 0.15) is 0 Å². The summed E-state index contributed by atoms with van der Waals surface area (Å²) in [6, 6.07) is 2.40. The molecule has 1 aromatic carbocycles. The predicted molar refractivity (Wildman–Crippen MR) is 66.8 cm³/mol. The number of benzene rings is 1. The van der Waals surface area contributed by atoms with Crippen molar-refractivity contribution in [3.05, 3.63) is 29.8 Å². The fourth-order valence-corrected chi connectivity index (χ4v) is 2.91. The smallest absolute Gasteiger partial charge is 0.221 e. The molecule has 0 saturated heterocycles. The summed E-state index contributed by atoms with van der Waals surface area (Å²) in [5.41, 5.74) is -1.05. The zero-order chi connectivity index (χ0) is 15.8. The minimum Gasteiger partial charge on any atom is -0.221 e. The number of alkyl halides is 3. The first-order chi connectivity index (χ1) is 8.84. The number of nitrogens with zero attached hydrogens (tertiary/aromatic N) is 1. The standard InChI is InChI=1S/C9H7ClF3NO4S2/c1-19(15,16)8(10)14-20(17,18)7-4-2-6(3-5-7)9(11,12)13/h2-5H,1H3. The third-order valence-electron chi connectivity index (χ3n) is 1.98. The van der Waals surface area contributed by atoms with Crippen LogP contribution in [0.15, 0.2) is 33.6 Å². The summed E-state index contributed by atoms with van der Waals surface area (Å²) in [6.07, 6.45) is -3.98. The average molecular weight is 350 g/mol. The Morgan fingerprint density at radius 1 is 1.10 bits per heavy atom. The van der Waals surface area contributed by atoms with Crippen molar-refractivity contribution in [3.63, 3.8) is 0 Å². The fourth-order valence-electron chi connectivity index (χ4n) is 1.03.